The standard InChI is InChI=1S/C19H22N2O4/c1-19(2,3)25-18(23)21-11-7-10-15(21)16-20-14(17(22)24-16)12-13-8-5-4-6-9-13/h4-6,8-9,12,15H,7,10-11H2,1-3H3. The van der Waals surface area contributed by atoms with Gasteiger partial charge in [0.15, 0.2) is 5.70 Å². The lowest BCUT2D eigenvalue weighted by molar-refractivity contribution is -0.130. The number of likely N-dealkylation sites (tertiary alicyclic amines) is 1. The predicted octanol–water partition coefficient (Wildman–Crippen LogP) is 3.38. The van der Waals surface area contributed by atoms with E-state index in [-0.39, 0.29) is 17.6 Å². The van der Waals surface area contributed by atoms with Gasteiger partial charge in [0, 0.05) is 6.54 Å². The summed E-state index contributed by atoms with van der Waals surface area (Å²) in [5, 5.41) is 0. The van der Waals surface area contributed by atoms with E-state index in [1.165, 1.54) is 0 Å². The van der Waals surface area contributed by atoms with Gasteiger partial charge in [0.25, 0.3) is 0 Å². The number of rotatable bonds is 2. The molecule has 0 saturated carbocycles. The fourth-order valence-electron chi connectivity index (χ4n) is 2.84. The first-order valence-corrected chi connectivity index (χ1v) is 8.40. The molecule has 2 aliphatic rings. The van der Waals surface area contributed by atoms with Crippen LogP contribution < -0.4 is 0 Å². The molecule has 25 heavy (non-hydrogen) atoms. The lowest BCUT2D eigenvalue weighted by Gasteiger charge is -2.27. The maximum atomic E-state index is 12.4. The van der Waals surface area contributed by atoms with Crippen molar-refractivity contribution >= 4 is 24.0 Å². The van der Waals surface area contributed by atoms with Crippen molar-refractivity contribution in [2.24, 2.45) is 4.99 Å². The molecule has 1 aromatic rings. The van der Waals surface area contributed by atoms with Crippen LogP contribution in [0.5, 0.6) is 0 Å². The zero-order valence-electron chi connectivity index (χ0n) is 14.7. The molecule has 1 fully saturated rings. The highest BCUT2D eigenvalue weighted by molar-refractivity contribution is 6.09. The van der Waals surface area contributed by atoms with Gasteiger partial charge in [0.2, 0.25) is 5.90 Å². The first kappa shape index (κ1) is 17.2. The van der Waals surface area contributed by atoms with Crippen LogP contribution in [0.25, 0.3) is 6.08 Å². The molecular weight excluding hydrogens is 320 g/mol. The molecule has 6 heteroatoms. The van der Waals surface area contributed by atoms with E-state index in [0.717, 1.165) is 12.0 Å². The zero-order chi connectivity index (χ0) is 18.0. The van der Waals surface area contributed by atoms with Crippen molar-refractivity contribution in [3.63, 3.8) is 0 Å². The van der Waals surface area contributed by atoms with E-state index in [4.69, 9.17) is 9.47 Å². The van der Waals surface area contributed by atoms with Gasteiger partial charge in [-0.1, -0.05) is 30.3 Å². The Bertz CT molecular complexity index is 732. The molecule has 0 aliphatic carbocycles. The second-order valence-electron chi connectivity index (χ2n) is 7.11. The summed E-state index contributed by atoms with van der Waals surface area (Å²) >= 11 is 0. The third-order valence-corrected chi connectivity index (χ3v) is 3.91. The Morgan fingerprint density at radius 2 is 2.04 bits per heavy atom. The Balaban J connectivity index is 1.79. The van der Waals surface area contributed by atoms with Gasteiger partial charge >= 0.3 is 12.1 Å². The summed E-state index contributed by atoms with van der Waals surface area (Å²) in [6.45, 7) is 6.03. The number of carbonyl (C=O) groups is 2. The third kappa shape index (κ3) is 4.07. The number of nitrogens with zero attached hydrogens (tertiary/aromatic N) is 2. The van der Waals surface area contributed by atoms with E-state index in [1.54, 1.807) is 11.0 Å². The maximum absolute atomic E-state index is 12.4. The molecule has 2 aliphatic heterocycles. The summed E-state index contributed by atoms with van der Waals surface area (Å²) in [6.07, 6.45) is 2.79. The molecule has 2 heterocycles. The summed E-state index contributed by atoms with van der Waals surface area (Å²) in [4.78, 5) is 30.4. The molecule has 0 bridgehead atoms. The van der Waals surface area contributed by atoms with E-state index in [1.807, 2.05) is 51.1 Å². The fourth-order valence-corrected chi connectivity index (χ4v) is 2.84. The summed E-state index contributed by atoms with van der Waals surface area (Å²) < 4.78 is 10.8. The lowest BCUT2D eigenvalue weighted by atomic mass is 10.2. The van der Waals surface area contributed by atoms with Gasteiger partial charge in [-0.15, -0.1) is 0 Å². The average Bonchev–Trinajstić information content (AvgIpc) is 3.14. The Morgan fingerprint density at radius 1 is 1.32 bits per heavy atom. The molecule has 3 rings (SSSR count). The number of aliphatic imine (C=N–C) groups is 1. The van der Waals surface area contributed by atoms with Gasteiger partial charge in [-0.2, -0.15) is 0 Å². The first-order valence-electron chi connectivity index (χ1n) is 8.40. The van der Waals surface area contributed by atoms with Crippen molar-refractivity contribution in [3.05, 3.63) is 41.6 Å². The van der Waals surface area contributed by atoms with Crippen LogP contribution >= 0.6 is 0 Å². The lowest BCUT2D eigenvalue weighted by Crippen LogP contribution is -2.43. The molecule has 1 aromatic carbocycles. The highest BCUT2D eigenvalue weighted by Gasteiger charge is 2.39. The monoisotopic (exact) mass is 342 g/mol. The van der Waals surface area contributed by atoms with Crippen LogP contribution in [0.3, 0.4) is 0 Å². The molecule has 132 valence electrons. The molecule has 1 unspecified atom stereocenters. The van der Waals surface area contributed by atoms with Crippen LogP contribution in [0.4, 0.5) is 4.79 Å². The maximum Gasteiger partial charge on any atom is 0.410 e. The Morgan fingerprint density at radius 3 is 2.72 bits per heavy atom. The summed E-state index contributed by atoms with van der Waals surface area (Å²) in [7, 11) is 0. The predicted molar refractivity (Wildman–Crippen MR) is 93.9 cm³/mol. The number of carbonyl (C=O) groups excluding carboxylic acids is 2. The van der Waals surface area contributed by atoms with E-state index >= 15 is 0 Å². The second kappa shape index (κ2) is 6.70. The molecule has 0 aromatic heterocycles. The number of benzene rings is 1. The second-order valence-corrected chi connectivity index (χ2v) is 7.11. The highest BCUT2D eigenvalue weighted by Crippen LogP contribution is 2.26. The largest absolute Gasteiger partial charge is 0.444 e. The van der Waals surface area contributed by atoms with E-state index in [0.29, 0.717) is 13.0 Å². The number of amides is 1. The number of ether oxygens (including phenoxy) is 2. The zero-order valence-corrected chi connectivity index (χ0v) is 14.7. The van der Waals surface area contributed by atoms with Crippen LogP contribution in [-0.2, 0) is 14.3 Å². The molecular formula is C19H22N2O4. The number of esters is 1. The Kier molecular flexibility index (Phi) is 4.61. The van der Waals surface area contributed by atoms with Crippen molar-refractivity contribution in [2.45, 2.75) is 45.3 Å². The van der Waals surface area contributed by atoms with Gasteiger partial charge in [0.1, 0.15) is 11.6 Å². The van der Waals surface area contributed by atoms with Crippen molar-refractivity contribution in [1.29, 1.82) is 0 Å². The van der Waals surface area contributed by atoms with Gasteiger partial charge in [0.05, 0.1) is 0 Å². The first-order chi connectivity index (χ1) is 11.8. The minimum absolute atomic E-state index is 0.247. The van der Waals surface area contributed by atoms with Crippen LogP contribution in [0.2, 0.25) is 0 Å². The minimum atomic E-state index is -0.573. The molecule has 0 N–H and O–H groups in total. The topological polar surface area (TPSA) is 68.2 Å². The molecule has 6 nitrogen and oxygen atoms in total. The van der Waals surface area contributed by atoms with Crippen LogP contribution in [-0.4, -0.2) is 41.0 Å². The number of cyclic esters (lactones) is 1. The smallest absolute Gasteiger partial charge is 0.410 e. The SMILES string of the molecule is CC(C)(C)OC(=O)N1CCCC1C1=NC(=Cc2ccccc2)C(=O)O1. The third-order valence-electron chi connectivity index (χ3n) is 3.91. The van der Waals surface area contributed by atoms with Crippen molar-refractivity contribution in [2.75, 3.05) is 6.54 Å². The minimum Gasteiger partial charge on any atom is -0.444 e. The van der Waals surface area contributed by atoms with Gasteiger partial charge in [-0.3, -0.25) is 4.90 Å². The quantitative estimate of drug-likeness (QED) is 0.610. The van der Waals surface area contributed by atoms with Crippen LogP contribution in [0, 0.1) is 0 Å². The Labute approximate surface area is 147 Å². The van der Waals surface area contributed by atoms with Crippen LogP contribution in [0.15, 0.2) is 41.0 Å². The number of hydrogen-bond acceptors (Lipinski definition) is 5. The highest BCUT2D eigenvalue weighted by atomic mass is 16.6. The molecule has 0 spiro atoms. The Hall–Kier alpha value is -2.63. The summed E-state index contributed by atoms with van der Waals surface area (Å²) in [5.41, 5.74) is 0.545. The van der Waals surface area contributed by atoms with Crippen LogP contribution in [0.1, 0.15) is 39.2 Å². The van der Waals surface area contributed by atoms with Crippen molar-refractivity contribution in [1.82, 2.24) is 4.90 Å². The van der Waals surface area contributed by atoms with Gasteiger partial charge in [-0.05, 0) is 45.3 Å². The van der Waals surface area contributed by atoms with Crippen molar-refractivity contribution in [3.8, 4) is 0 Å². The summed E-state index contributed by atoms with van der Waals surface area (Å²) in [6, 6.07) is 9.09. The average molecular weight is 342 g/mol. The molecule has 0 radical (unpaired) electrons. The van der Waals surface area contributed by atoms with E-state index in [2.05, 4.69) is 4.99 Å². The fraction of sp³-hybridized carbons (Fsp3) is 0.421. The van der Waals surface area contributed by atoms with Gasteiger partial charge in [-0.25, -0.2) is 14.6 Å². The molecule has 1 saturated heterocycles. The van der Waals surface area contributed by atoms with E-state index < -0.39 is 17.7 Å². The molecule has 1 atom stereocenters. The summed E-state index contributed by atoms with van der Waals surface area (Å²) in [5.74, 6) is -0.217. The van der Waals surface area contributed by atoms with Gasteiger partial charge < -0.3 is 9.47 Å². The molecule has 1 amide bonds. The normalized spacial score (nSPS) is 22.1. The van der Waals surface area contributed by atoms with Crippen molar-refractivity contribution < 1.29 is 19.1 Å². The van der Waals surface area contributed by atoms with E-state index in [9.17, 15) is 9.59 Å². The number of hydrogen-bond donors (Lipinski definition) is 0.